The Hall–Kier alpha value is -0.630. The number of Topliss-reactive ketones (excluding diaryl/α,β-unsaturated/α-hetero) is 1. The molecule has 0 radical (unpaired) electrons. The maximum Gasteiger partial charge on any atom is 0.166 e. The van der Waals surface area contributed by atoms with Crippen LogP contribution < -0.4 is 0 Å². The Balaban J connectivity index is 2.28. The number of hydrogen-bond acceptors (Lipinski definition) is 2. The van der Waals surface area contributed by atoms with Gasteiger partial charge in [-0.2, -0.15) is 0 Å². The first-order chi connectivity index (χ1) is 7.24. The zero-order chi connectivity index (χ0) is 10.8. The summed E-state index contributed by atoms with van der Waals surface area (Å²) in [6.07, 6.45) is 5.81. The third-order valence-corrected chi connectivity index (χ3v) is 4.48. The summed E-state index contributed by atoms with van der Waals surface area (Å²) in [6.45, 7) is 4.12. The van der Waals surface area contributed by atoms with Crippen molar-refractivity contribution in [2.75, 3.05) is 0 Å². The molecule has 0 fully saturated rings. The average Bonchev–Trinajstić information content (AvgIpc) is 2.70. The largest absolute Gasteiger partial charge is 0.294 e. The molecule has 1 atom stereocenters. The number of carbonyl (C=O) groups is 1. The summed E-state index contributed by atoms with van der Waals surface area (Å²) in [5.41, 5.74) is 2.40. The topological polar surface area (TPSA) is 17.1 Å². The zero-order valence-electron chi connectivity index (χ0n) is 9.51. The molecule has 0 bridgehead atoms. The van der Waals surface area contributed by atoms with Gasteiger partial charge in [0.25, 0.3) is 0 Å². The van der Waals surface area contributed by atoms with Crippen molar-refractivity contribution in [3.63, 3.8) is 0 Å². The molecule has 1 aromatic rings. The van der Waals surface area contributed by atoms with Gasteiger partial charge in [-0.05, 0) is 37.7 Å². The van der Waals surface area contributed by atoms with Crippen LogP contribution in [-0.2, 0) is 12.8 Å². The smallest absolute Gasteiger partial charge is 0.166 e. The Kier molecular flexibility index (Phi) is 3.25. The highest BCUT2D eigenvalue weighted by Crippen LogP contribution is 2.31. The molecule has 1 aliphatic rings. The van der Waals surface area contributed by atoms with E-state index in [1.807, 2.05) is 6.92 Å². The molecular weight excluding hydrogens is 204 g/mol. The first kappa shape index (κ1) is 10.9. The van der Waals surface area contributed by atoms with Gasteiger partial charge in [0, 0.05) is 21.7 Å². The van der Waals surface area contributed by atoms with Gasteiger partial charge in [0.2, 0.25) is 0 Å². The van der Waals surface area contributed by atoms with Gasteiger partial charge in [0.1, 0.15) is 0 Å². The molecule has 1 unspecified atom stereocenters. The molecule has 0 aliphatic heterocycles. The molecule has 2 rings (SSSR count). The van der Waals surface area contributed by atoms with Crippen LogP contribution in [0.15, 0.2) is 5.38 Å². The van der Waals surface area contributed by atoms with E-state index in [2.05, 4.69) is 12.3 Å². The van der Waals surface area contributed by atoms with Crippen LogP contribution in [0.1, 0.15) is 53.9 Å². The molecule has 0 spiro atoms. The minimum Gasteiger partial charge on any atom is -0.294 e. The van der Waals surface area contributed by atoms with Crippen molar-refractivity contribution in [1.29, 1.82) is 0 Å². The van der Waals surface area contributed by atoms with Gasteiger partial charge in [0.15, 0.2) is 5.78 Å². The monoisotopic (exact) mass is 222 g/mol. The fourth-order valence-corrected chi connectivity index (χ4v) is 3.29. The molecule has 1 nitrogen and oxygen atoms in total. The van der Waals surface area contributed by atoms with E-state index < -0.39 is 0 Å². The Morgan fingerprint density at radius 1 is 1.47 bits per heavy atom. The van der Waals surface area contributed by atoms with E-state index >= 15 is 0 Å². The lowest BCUT2D eigenvalue weighted by molar-refractivity contribution is 0.0926. The van der Waals surface area contributed by atoms with E-state index in [1.54, 1.807) is 11.3 Å². The zero-order valence-corrected chi connectivity index (χ0v) is 10.3. The van der Waals surface area contributed by atoms with Gasteiger partial charge in [-0.25, -0.2) is 0 Å². The molecule has 0 amide bonds. The second kappa shape index (κ2) is 4.48. The quantitative estimate of drug-likeness (QED) is 0.710. The average molecular weight is 222 g/mol. The molecule has 15 heavy (non-hydrogen) atoms. The van der Waals surface area contributed by atoms with E-state index in [1.165, 1.54) is 29.7 Å². The van der Waals surface area contributed by atoms with Crippen molar-refractivity contribution in [1.82, 2.24) is 0 Å². The number of hydrogen-bond donors (Lipinski definition) is 0. The molecule has 0 aromatic carbocycles. The van der Waals surface area contributed by atoms with Crippen LogP contribution in [0, 0.1) is 5.92 Å². The number of aryl methyl sites for hydroxylation is 1. The normalized spacial score (nSPS) is 17.2. The number of rotatable bonds is 3. The summed E-state index contributed by atoms with van der Waals surface area (Å²) in [5, 5.41) is 2.09. The highest BCUT2D eigenvalue weighted by Gasteiger charge is 2.22. The third-order valence-electron chi connectivity index (χ3n) is 3.39. The molecule has 0 saturated carbocycles. The number of thiophene rings is 1. The summed E-state index contributed by atoms with van der Waals surface area (Å²) in [7, 11) is 0. The third kappa shape index (κ3) is 2.00. The lowest BCUT2D eigenvalue weighted by atomic mass is 9.90. The Morgan fingerprint density at radius 3 is 2.93 bits per heavy atom. The van der Waals surface area contributed by atoms with Crippen molar-refractivity contribution in [2.45, 2.75) is 46.0 Å². The summed E-state index contributed by atoms with van der Waals surface area (Å²) in [4.78, 5) is 13.6. The molecule has 2 heteroatoms. The molecule has 0 N–H and O–H groups in total. The van der Waals surface area contributed by atoms with Crippen LogP contribution in [0.25, 0.3) is 0 Å². The molecule has 1 aromatic heterocycles. The van der Waals surface area contributed by atoms with Crippen molar-refractivity contribution >= 4 is 17.1 Å². The van der Waals surface area contributed by atoms with Crippen LogP contribution in [0.3, 0.4) is 0 Å². The molecule has 1 aliphatic carbocycles. The maximum absolute atomic E-state index is 12.1. The fraction of sp³-hybridized carbons (Fsp3) is 0.615. The molecule has 82 valence electrons. The van der Waals surface area contributed by atoms with Gasteiger partial charge >= 0.3 is 0 Å². The van der Waals surface area contributed by atoms with Gasteiger partial charge in [-0.3, -0.25) is 4.79 Å². The summed E-state index contributed by atoms with van der Waals surface area (Å²) in [6, 6.07) is 0. The van der Waals surface area contributed by atoms with Crippen molar-refractivity contribution in [3.8, 4) is 0 Å². The van der Waals surface area contributed by atoms with Crippen LogP contribution in [0.2, 0.25) is 0 Å². The predicted octanol–water partition coefficient (Wildman–Crippen LogP) is 3.86. The van der Waals surface area contributed by atoms with Gasteiger partial charge in [-0.15, -0.1) is 11.3 Å². The summed E-state index contributed by atoms with van der Waals surface area (Å²) < 4.78 is 0. The SMILES string of the molecule is CCC(C)C(=O)c1csc2c1CCCC2. The highest BCUT2D eigenvalue weighted by molar-refractivity contribution is 7.10. The van der Waals surface area contributed by atoms with Crippen LogP contribution in [0.5, 0.6) is 0 Å². The predicted molar refractivity (Wildman–Crippen MR) is 64.7 cm³/mol. The fourth-order valence-electron chi connectivity index (χ4n) is 2.15. The number of fused-ring (bicyclic) bond motifs is 1. The lowest BCUT2D eigenvalue weighted by Crippen LogP contribution is -2.13. The van der Waals surface area contributed by atoms with Crippen LogP contribution in [-0.4, -0.2) is 5.78 Å². The van der Waals surface area contributed by atoms with E-state index in [0.29, 0.717) is 5.78 Å². The minimum atomic E-state index is 0.186. The molecule has 0 saturated heterocycles. The van der Waals surface area contributed by atoms with Crippen LogP contribution >= 0.6 is 11.3 Å². The minimum absolute atomic E-state index is 0.186. The van der Waals surface area contributed by atoms with E-state index in [9.17, 15) is 4.79 Å². The van der Waals surface area contributed by atoms with E-state index in [-0.39, 0.29) is 5.92 Å². The Morgan fingerprint density at radius 2 is 2.20 bits per heavy atom. The Labute approximate surface area is 95.5 Å². The first-order valence-electron chi connectivity index (χ1n) is 5.87. The van der Waals surface area contributed by atoms with Gasteiger partial charge in [-0.1, -0.05) is 13.8 Å². The van der Waals surface area contributed by atoms with Crippen molar-refractivity contribution in [3.05, 3.63) is 21.4 Å². The van der Waals surface area contributed by atoms with Crippen LogP contribution in [0.4, 0.5) is 0 Å². The van der Waals surface area contributed by atoms with Crippen molar-refractivity contribution in [2.24, 2.45) is 5.92 Å². The second-order valence-electron chi connectivity index (χ2n) is 4.43. The molecular formula is C13H18OS. The maximum atomic E-state index is 12.1. The summed E-state index contributed by atoms with van der Waals surface area (Å²) in [5.74, 6) is 0.544. The van der Waals surface area contributed by atoms with Crippen molar-refractivity contribution < 1.29 is 4.79 Å². The van der Waals surface area contributed by atoms with E-state index in [4.69, 9.17) is 0 Å². The second-order valence-corrected chi connectivity index (χ2v) is 5.40. The molecule has 1 heterocycles. The van der Waals surface area contributed by atoms with Gasteiger partial charge < -0.3 is 0 Å². The number of ketones is 1. The number of carbonyl (C=O) groups excluding carboxylic acids is 1. The standard InChI is InChI=1S/C13H18OS/c1-3-9(2)13(14)11-8-15-12-7-5-4-6-10(11)12/h8-9H,3-7H2,1-2H3. The Bertz CT molecular complexity index is 365. The van der Waals surface area contributed by atoms with E-state index in [0.717, 1.165) is 18.4 Å². The summed E-state index contributed by atoms with van der Waals surface area (Å²) >= 11 is 1.79. The highest BCUT2D eigenvalue weighted by atomic mass is 32.1. The van der Waals surface area contributed by atoms with Gasteiger partial charge in [0.05, 0.1) is 0 Å². The first-order valence-corrected chi connectivity index (χ1v) is 6.75. The lowest BCUT2D eigenvalue weighted by Gasteiger charge is -2.13.